The number of rotatable bonds is 7. The van der Waals surface area contributed by atoms with Crippen LogP contribution in [0.2, 0.25) is 0 Å². The lowest BCUT2D eigenvalue weighted by molar-refractivity contribution is 0.0729. The van der Waals surface area contributed by atoms with Gasteiger partial charge in [0.25, 0.3) is 5.91 Å². The summed E-state index contributed by atoms with van der Waals surface area (Å²) in [6, 6.07) is 9.90. The van der Waals surface area contributed by atoms with E-state index in [-0.39, 0.29) is 38.6 Å². The number of amides is 1. The normalized spacial score (nSPS) is 14.7. The topological polar surface area (TPSA) is 111 Å². The second kappa shape index (κ2) is 9.92. The average molecular weight is 490 g/mol. The molecule has 1 fully saturated rings. The zero-order valence-electron chi connectivity index (χ0n) is 18.7. The summed E-state index contributed by atoms with van der Waals surface area (Å²) in [5, 5.41) is 6.50. The summed E-state index contributed by atoms with van der Waals surface area (Å²) in [6.07, 6.45) is 0. The Kier molecular flexibility index (Phi) is 6.96. The van der Waals surface area contributed by atoms with Gasteiger partial charge in [0.2, 0.25) is 10.0 Å². The molecule has 180 valence electrons. The highest BCUT2D eigenvalue weighted by Crippen LogP contribution is 2.25. The number of nitrogens with zero attached hydrogens (tertiary/aromatic N) is 2. The molecule has 0 saturated carbocycles. The van der Waals surface area contributed by atoms with Crippen molar-refractivity contribution in [2.45, 2.75) is 25.3 Å². The lowest BCUT2D eigenvalue weighted by atomic mass is 10.2. The molecular weight excluding hydrogens is 465 g/mol. The predicted molar refractivity (Wildman–Crippen MR) is 121 cm³/mol. The SMILES string of the molecule is Cc1noc(C)c1COc1ccc(C(=O)Nc2ccc(F)c(S(=O)(=O)N3CCOCC3)c2)cc1. The van der Waals surface area contributed by atoms with Gasteiger partial charge in [0, 0.05) is 24.3 Å². The minimum Gasteiger partial charge on any atom is -0.489 e. The highest BCUT2D eigenvalue weighted by molar-refractivity contribution is 7.89. The molecule has 0 aliphatic carbocycles. The molecule has 11 heteroatoms. The van der Waals surface area contributed by atoms with Gasteiger partial charge in [0.05, 0.1) is 24.5 Å². The van der Waals surface area contributed by atoms with Gasteiger partial charge >= 0.3 is 0 Å². The molecule has 2 aromatic carbocycles. The number of anilines is 1. The molecule has 0 spiro atoms. The first-order chi connectivity index (χ1) is 16.3. The first-order valence-electron chi connectivity index (χ1n) is 10.6. The zero-order chi connectivity index (χ0) is 24.3. The summed E-state index contributed by atoms with van der Waals surface area (Å²) in [7, 11) is -4.05. The molecule has 2 heterocycles. The Balaban J connectivity index is 1.44. The van der Waals surface area contributed by atoms with Crippen LogP contribution in [0.1, 0.15) is 27.4 Å². The highest BCUT2D eigenvalue weighted by Gasteiger charge is 2.29. The third-order valence-corrected chi connectivity index (χ3v) is 7.37. The van der Waals surface area contributed by atoms with E-state index in [1.54, 1.807) is 31.2 Å². The van der Waals surface area contributed by atoms with Crippen molar-refractivity contribution >= 4 is 21.6 Å². The van der Waals surface area contributed by atoms with Gasteiger partial charge in [-0.15, -0.1) is 0 Å². The molecule has 1 saturated heterocycles. The van der Waals surface area contributed by atoms with Crippen LogP contribution in [0.4, 0.5) is 10.1 Å². The van der Waals surface area contributed by atoms with E-state index in [9.17, 15) is 17.6 Å². The molecule has 1 amide bonds. The molecule has 1 N–H and O–H groups in total. The Labute approximate surface area is 196 Å². The second-order valence-corrected chi connectivity index (χ2v) is 9.64. The van der Waals surface area contributed by atoms with E-state index in [4.69, 9.17) is 14.0 Å². The first-order valence-corrected chi connectivity index (χ1v) is 12.0. The van der Waals surface area contributed by atoms with Crippen molar-refractivity contribution in [2.24, 2.45) is 0 Å². The number of hydrogen-bond acceptors (Lipinski definition) is 7. The van der Waals surface area contributed by atoms with Crippen LogP contribution in [0, 0.1) is 19.7 Å². The molecule has 0 radical (unpaired) electrons. The van der Waals surface area contributed by atoms with Gasteiger partial charge in [0.15, 0.2) is 0 Å². The number of nitrogens with one attached hydrogen (secondary N) is 1. The number of carbonyl (C=O) groups is 1. The van der Waals surface area contributed by atoms with Crippen LogP contribution < -0.4 is 10.1 Å². The molecule has 34 heavy (non-hydrogen) atoms. The third-order valence-electron chi connectivity index (χ3n) is 5.46. The molecule has 1 aromatic heterocycles. The first kappa shape index (κ1) is 23.9. The fraction of sp³-hybridized carbons (Fsp3) is 0.304. The summed E-state index contributed by atoms with van der Waals surface area (Å²) in [6.45, 7) is 4.69. The van der Waals surface area contributed by atoms with Crippen LogP contribution in [0.5, 0.6) is 5.75 Å². The van der Waals surface area contributed by atoms with E-state index in [1.165, 1.54) is 10.4 Å². The van der Waals surface area contributed by atoms with Gasteiger partial charge in [-0.05, 0) is 56.3 Å². The molecule has 0 unspecified atom stereocenters. The number of hydrogen-bond donors (Lipinski definition) is 1. The number of sulfonamides is 1. The number of aryl methyl sites for hydroxylation is 2. The molecule has 3 aromatic rings. The minimum absolute atomic E-state index is 0.142. The predicted octanol–water partition coefficient (Wildman–Crippen LogP) is 3.28. The van der Waals surface area contributed by atoms with Gasteiger partial charge in [0.1, 0.15) is 28.8 Å². The number of aromatic nitrogens is 1. The smallest absolute Gasteiger partial charge is 0.255 e. The summed E-state index contributed by atoms with van der Waals surface area (Å²) in [4.78, 5) is 12.2. The Morgan fingerprint density at radius 2 is 1.85 bits per heavy atom. The van der Waals surface area contributed by atoms with Crippen LogP contribution in [-0.2, 0) is 21.4 Å². The van der Waals surface area contributed by atoms with Gasteiger partial charge < -0.3 is 19.3 Å². The lowest BCUT2D eigenvalue weighted by Crippen LogP contribution is -2.40. The summed E-state index contributed by atoms with van der Waals surface area (Å²) >= 11 is 0. The molecule has 1 aliphatic heterocycles. The fourth-order valence-electron chi connectivity index (χ4n) is 3.47. The number of carbonyl (C=O) groups excluding carboxylic acids is 1. The van der Waals surface area contributed by atoms with Crippen LogP contribution in [0.15, 0.2) is 51.9 Å². The van der Waals surface area contributed by atoms with Crippen molar-refractivity contribution < 1.29 is 31.6 Å². The van der Waals surface area contributed by atoms with E-state index < -0.39 is 26.6 Å². The van der Waals surface area contributed by atoms with Crippen LogP contribution in [0.3, 0.4) is 0 Å². The van der Waals surface area contributed by atoms with Crippen molar-refractivity contribution in [1.29, 1.82) is 0 Å². The maximum atomic E-state index is 14.4. The fourth-order valence-corrected chi connectivity index (χ4v) is 4.97. The van der Waals surface area contributed by atoms with Crippen molar-refractivity contribution in [3.63, 3.8) is 0 Å². The maximum absolute atomic E-state index is 14.4. The third kappa shape index (κ3) is 5.11. The maximum Gasteiger partial charge on any atom is 0.255 e. The Morgan fingerprint density at radius 3 is 2.50 bits per heavy atom. The van der Waals surface area contributed by atoms with E-state index in [0.717, 1.165) is 23.4 Å². The van der Waals surface area contributed by atoms with Crippen LogP contribution in [-0.4, -0.2) is 50.1 Å². The monoisotopic (exact) mass is 489 g/mol. The Morgan fingerprint density at radius 1 is 1.15 bits per heavy atom. The molecular formula is C23H24FN3O6S. The van der Waals surface area contributed by atoms with Crippen molar-refractivity contribution in [2.75, 3.05) is 31.6 Å². The van der Waals surface area contributed by atoms with E-state index in [0.29, 0.717) is 17.1 Å². The van der Waals surface area contributed by atoms with E-state index in [1.807, 2.05) is 6.92 Å². The lowest BCUT2D eigenvalue weighted by Gasteiger charge is -2.26. The quantitative estimate of drug-likeness (QED) is 0.542. The van der Waals surface area contributed by atoms with Gasteiger partial charge in [-0.25, -0.2) is 12.8 Å². The van der Waals surface area contributed by atoms with Crippen LogP contribution in [0.25, 0.3) is 0 Å². The van der Waals surface area contributed by atoms with Crippen LogP contribution >= 0.6 is 0 Å². The molecule has 9 nitrogen and oxygen atoms in total. The summed E-state index contributed by atoms with van der Waals surface area (Å²) in [5.41, 5.74) is 2.10. The largest absolute Gasteiger partial charge is 0.489 e. The zero-order valence-corrected chi connectivity index (χ0v) is 19.5. The number of benzene rings is 2. The summed E-state index contributed by atoms with van der Waals surface area (Å²) in [5.74, 6) is -0.122. The number of ether oxygens (including phenoxy) is 2. The average Bonchev–Trinajstić information content (AvgIpc) is 3.16. The second-order valence-electron chi connectivity index (χ2n) is 7.73. The van der Waals surface area contributed by atoms with Gasteiger partial charge in [-0.2, -0.15) is 4.31 Å². The van der Waals surface area contributed by atoms with Crippen molar-refractivity contribution in [3.8, 4) is 5.75 Å². The highest BCUT2D eigenvalue weighted by atomic mass is 32.2. The summed E-state index contributed by atoms with van der Waals surface area (Å²) < 4.78 is 57.2. The number of morpholine rings is 1. The van der Waals surface area contributed by atoms with Crippen molar-refractivity contribution in [1.82, 2.24) is 9.46 Å². The Hall–Kier alpha value is -3.28. The standard InChI is InChI=1S/C23H24FN3O6S/c1-15-20(16(2)33-26-15)14-32-19-6-3-17(4-7-19)23(28)25-18-5-8-21(24)22(13-18)34(29,30)27-9-11-31-12-10-27/h3-8,13H,9-12,14H2,1-2H3,(H,25,28). The number of halogens is 1. The van der Waals surface area contributed by atoms with Gasteiger partial charge in [-0.3, -0.25) is 4.79 Å². The molecule has 4 rings (SSSR count). The van der Waals surface area contributed by atoms with E-state index >= 15 is 0 Å². The molecule has 0 bridgehead atoms. The van der Waals surface area contributed by atoms with Gasteiger partial charge in [-0.1, -0.05) is 5.16 Å². The minimum atomic E-state index is -4.05. The molecule has 0 atom stereocenters. The Bertz CT molecular complexity index is 1270. The van der Waals surface area contributed by atoms with Crippen molar-refractivity contribution in [3.05, 3.63) is 70.9 Å². The van der Waals surface area contributed by atoms with E-state index in [2.05, 4.69) is 10.5 Å². The molecule has 1 aliphatic rings.